The molecule has 0 radical (unpaired) electrons. The Kier molecular flexibility index (Phi) is 31.4. The topological polar surface area (TPSA) is 205 Å². The van der Waals surface area contributed by atoms with Crippen molar-refractivity contribution >= 4 is 11.8 Å². The lowest BCUT2D eigenvalue weighted by Gasteiger charge is -2.19. The summed E-state index contributed by atoms with van der Waals surface area (Å²) in [5.74, 6) is -0.128. The summed E-state index contributed by atoms with van der Waals surface area (Å²) in [7, 11) is 0. The van der Waals surface area contributed by atoms with E-state index in [2.05, 4.69) is 31.9 Å². The number of carbonyl (C=O) groups excluding carboxylic acids is 2. The van der Waals surface area contributed by atoms with Crippen LogP contribution in [0.5, 0.6) is 5.75 Å². The number of hydrogen-bond acceptors (Lipinski definition) is 10. The Balaban J connectivity index is 0.00000116. The van der Waals surface area contributed by atoms with E-state index in [4.69, 9.17) is 17.2 Å². The normalized spacial score (nSPS) is 11.5. The second kappa shape index (κ2) is 33.1. The van der Waals surface area contributed by atoms with Crippen LogP contribution in [0, 0.1) is 0 Å². The summed E-state index contributed by atoms with van der Waals surface area (Å²) in [6, 6.07) is 6.07. The van der Waals surface area contributed by atoms with Crippen molar-refractivity contribution in [3.05, 3.63) is 29.8 Å². The molecule has 0 aliphatic heterocycles. The van der Waals surface area contributed by atoms with Gasteiger partial charge in [-0.3, -0.25) is 9.59 Å². The van der Waals surface area contributed by atoms with Gasteiger partial charge in [0.05, 0.1) is 0 Å². The average molecular weight is 638 g/mol. The van der Waals surface area contributed by atoms with Gasteiger partial charge in [0, 0.05) is 19.4 Å². The molecular formula is C33H67N9O3. The summed E-state index contributed by atoms with van der Waals surface area (Å²) in [5, 5.41) is 28.7. The van der Waals surface area contributed by atoms with Gasteiger partial charge in [-0.2, -0.15) is 0 Å². The van der Waals surface area contributed by atoms with Crippen LogP contribution in [0.3, 0.4) is 0 Å². The first-order valence-corrected chi connectivity index (χ1v) is 17.3. The molecule has 1 rings (SSSR count). The highest BCUT2D eigenvalue weighted by molar-refractivity contribution is 5.87. The minimum atomic E-state index is -0.622. The Morgan fingerprint density at radius 3 is 1.49 bits per heavy atom. The molecule has 0 aliphatic carbocycles. The van der Waals surface area contributed by atoms with Gasteiger partial charge >= 0.3 is 0 Å². The van der Waals surface area contributed by atoms with Crippen molar-refractivity contribution in [1.29, 1.82) is 0 Å². The molecule has 1 unspecified atom stereocenters. The van der Waals surface area contributed by atoms with E-state index in [0.717, 1.165) is 123 Å². The van der Waals surface area contributed by atoms with Crippen molar-refractivity contribution in [3.63, 3.8) is 0 Å². The zero-order valence-corrected chi connectivity index (χ0v) is 28.1. The third kappa shape index (κ3) is 28.9. The monoisotopic (exact) mass is 638 g/mol. The number of unbranched alkanes of at least 4 members (excludes halogenated alkanes) is 2. The summed E-state index contributed by atoms with van der Waals surface area (Å²) >= 11 is 0. The molecule has 0 fully saturated rings. The van der Waals surface area contributed by atoms with Gasteiger partial charge in [-0.05, 0) is 147 Å². The first-order valence-electron chi connectivity index (χ1n) is 17.3. The van der Waals surface area contributed by atoms with Gasteiger partial charge in [0.2, 0.25) is 11.8 Å². The van der Waals surface area contributed by atoms with Gasteiger partial charge in [-0.1, -0.05) is 19.1 Å². The highest BCUT2D eigenvalue weighted by Crippen LogP contribution is 2.11. The molecule has 0 heterocycles. The fourth-order valence-electron chi connectivity index (χ4n) is 4.30. The predicted molar refractivity (Wildman–Crippen MR) is 187 cm³/mol. The minimum Gasteiger partial charge on any atom is -0.508 e. The van der Waals surface area contributed by atoms with Crippen molar-refractivity contribution in [3.8, 4) is 5.75 Å². The minimum absolute atomic E-state index is 0.124. The number of rotatable bonds is 29. The first kappa shape index (κ1) is 42.7. The fraction of sp³-hybridized carbons (Fsp3) is 0.758. The number of hydrogen-bond donors (Lipinski definition) is 10. The number of nitrogens with two attached hydrogens (primary N) is 3. The molecule has 12 nitrogen and oxygen atoms in total. The van der Waals surface area contributed by atoms with E-state index in [0.29, 0.717) is 19.4 Å². The summed E-state index contributed by atoms with van der Waals surface area (Å²) in [6.07, 6.45) is 10.2. The van der Waals surface area contributed by atoms with Crippen LogP contribution in [0.4, 0.5) is 0 Å². The molecule has 0 aromatic heterocycles. The van der Waals surface area contributed by atoms with E-state index in [1.54, 1.807) is 24.3 Å². The van der Waals surface area contributed by atoms with Gasteiger partial charge in [0.25, 0.3) is 0 Å². The Morgan fingerprint density at radius 2 is 1.07 bits per heavy atom. The number of phenols is 1. The van der Waals surface area contributed by atoms with E-state index >= 15 is 0 Å². The van der Waals surface area contributed by atoms with E-state index in [1.165, 1.54) is 12.8 Å². The summed E-state index contributed by atoms with van der Waals surface area (Å²) in [5.41, 5.74) is 17.1. The maximum Gasteiger partial charge on any atom is 0.242 e. The highest BCUT2D eigenvalue weighted by Gasteiger charge is 2.20. The van der Waals surface area contributed by atoms with E-state index < -0.39 is 6.04 Å². The number of aromatic hydroxyl groups is 1. The van der Waals surface area contributed by atoms with Gasteiger partial charge in [0.1, 0.15) is 11.8 Å². The highest BCUT2D eigenvalue weighted by atomic mass is 16.3. The molecule has 1 aromatic rings. The molecule has 262 valence electrons. The van der Waals surface area contributed by atoms with Crippen LogP contribution >= 0.6 is 0 Å². The quantitative estimate of drug-likeness (QED) is 0.0556. The molecule has 1 atom stereocenters. The summed E-state index contributed by atoms with van der Waals surface area (Å²) in [4.78, 5) is 24.7. The zero-order chi connectivity index (χ0) is 33.2. The fourth-order valence-corrected chi connectivity index (χ4v) is 4.30. The molecule has 45 heavy (non-hydrogen) atoms. The second-order valence-electron chi connectivity index (χ2n) is 11.2. The van der Waals surface area contributed by atoms with Gasteiger partial charge in [-0.25, -0.2) is 0 Å². The van der Waals surface area contributed by atoms with E-state index in [9.17, 15) is 14.7 Å². The van der Waals surface area contributed by atoms with Crippen LogP contribution in [-0.4, -0.2) is 101 Å². The largest absolute Gasteiger partial charge is 0.508 e. The van der Waals surface area contributed by atoms with Crippen LogP contribution in [0.1, 0.15) is 76.7 Å². The second-order valence-corrected chi connectivity index (χ2v) is 11.2. The van der Waals surface area contributed by atoms with Gasteiger partial charge in [0.15, 0.2) is 0 Å². The molecule has 0 saturated heterocycles. The maximum absolute atomic E-state index is 12.6. The van der Waals surface area contributed by atoms with E-state index in [-0.39, 0.29) is 17.6 Å². The molecule has 2 amide bonds. The number of benzene rings is 1. The molecule has 13 N–H and O–H groups in total. The molecule has 0 bridgehead atoms. The standard InChI is InChI=1S/C23H41N5O3.C10H26N4/c1-2-7-22(30)28-21(18-19-8-10-20(29)11-9-19)23(31)27-17-6-16-26-14-4-3-13-25-15-5-12-24;11-5-3-9-13-7-1-2-8-14-10-4-6-12/h8-11,21,25-26,29H,2-7,12-18,24H2,1H3,(H,27,31)(H,28,30);13-14H,1-12H2. The number of nitrogens with one attached hydrogen (secondary N) is 6. The lowest BCUT2D eigenvalue weighted by Crippen LogP contribution is -2.48. The number of carbonyl (C=O) groups is 2. The van der Waals surface area contributed by atoms with Crippen LogP contribution in [0.15, 0.2) is 24.3 Å². The first-order chi connectivity index (χ1) is 22.0. The Labute approximate surface area is 273 Å². The molecule has 0 aliphatic rings. The predicted octanol–water partition coefficient (Wildman–Crippen LogP) is 0.678. The van der Waals surface area contributed by atoms with Gasteiger partial charge < -0.3 is 54.2 Å². The molecule has 0 saturated carbocycles. The van der Waals surface area contributed by atoms with Crippen LogP contribution in [-0.2, 0) is 16.0 Å². The van der Waals surface area contributed by atoms with Crippen LogP contribution in [0.2, 0.25) is 0 Å². The third-order valence-corrected chi connectivity index (χ3v) is 6.92. The SMILES string of the molecule is CCCC(=O)NC(Cc1ccc(O)cc1)C(=O)NCCCNCCCCNCCCN.NCCCNCCCCNCCCN. The third-order valence-electron chi connectivity index (χ3n) is 6.92. The average Bonchev–Trinajstić information content (AvgIpc) is 3.03. The molecular weight excluding hydrogens is 570 g/mol. The van der Waals surface area contributed by atoms with Crippen molar-refractivity contribution in [1.82, 2.24) is 31.9 Å². The van der Waals surface area contributed by atoms with E-state index in [1.807, 2.05) is 6.92 Å². The smallest absolute Gasteiger partial charge is 0.242 e. The number of amides is 2. The van der Waals surface area contributed by atoms with Gasteiger partial charge in [-0.15, -0.1) is 0 Å². The number of phenolic OH excluding ortho intramolecular Hbond substituents is 1. The van der Waals surface area contributed by atoms with Crippen LogP contribution < -0.4 is 49.1 Å². The Hall–Kier alpha value is -2.32. The maximum atomic E-state index is 12.6. The van der Waals surface area contributed by atoms with Crippen molar-refractivity contribution < 1.29 is 14.7 Å². The molecule has 12 heteroatoms. The van der Waals surface area contributed by atoms with Crippen LogP contribution in [0.25, 0.3) is 0 Å². The Morgan fingerprint density at radius 1 is 0.644 bits per heavy atom. The molecule has 1 aromatic carbocycles. The Bertz CT molecular complexity index is 788. The zero-order valence-electron chi connectivity index (χ0n) is 28.1. The lowest BCUT2D eigenvalue weighted by molar-refractivity contribution is -0.129. The van der Waals surface area contributed by atoms with Crippen molar-refractivity contribution in [2.75, 3.05) is 78.5 Å². The lowest BCUT2D eigenvalue weighted by atomic mass is 10.0. The van der Waals surface area contributed by atoms with Crippen molar-refractivity contribution in [2.45, 2.75) is 83.6 Å². The molecule has 0 spiro atoms. The summed E-state index contributed by atoms with van der Waals surface area (Å²) in [6.45, 7) is 12.9. The summed E-state index contributed by atoms with van der Waals surface area (Å²) < 4.78 is 0. The van der Waals surface area contributed by atoms with Crippen molar-refractivity contribution in [2.24, 2.45) is 17.2 Å².